The van der Waals surface area contributed by atoms with Crippen molar-refractivity contribution in [2.45, 2.75) is 0 Å². The number of hydrogen-bond acceptors (Lipinski definition) is 12. The molecule has 1 radical (unpaired) electrons. The number of anilines is 5. The number of fused-ring (bicyclic) bond motifs is 15. The number of benzene rings is 16. The summed E-state index contributed by atoms with van der Waals surface area (Å²) in [6, 6.07) is 120. The molecular weight excluding hydrogens is 1450 g/mol. The van der Waals surface area contributed by atoms with Gasteiger partial charge in [-0.1, -0.05) is 249 Å². The fourth-order valence-electron chi connectivity index (χ4n) is 14.3. The zero-order chi connectivity index (χ0) is 74.6. The van der Waals surface area contributed by atoms with Crippen LogP contribution in [0.4, 0.5) is 28.4 Å². The van der Waals surface area contributed by atoms with Gasteiger partial charge in [0.2, 0.25) is 0 Å². The molecule has 14 heteroatoms. The molecule has 0 atom stereocenters. The van der Waals surface area contributed by atoms with Crippen LogP contribution < -0.4 is 10.2 Å². The summed E-state index contributed by atoms with van der Waals surface area (Å²) in [5, 5.41) is 45.0. The first-order valence-electron chi connectivity index (χ1n) is 35.6. The Labute approximate surface area is 646 Å². The third-order valence-electron chi connectivity index (χ3n) is 19.5. The van der Waals surface area contributed by atoms with E-state index >= 15 is 0 Å². The van der Waals surface area contributed by atoms with Crippen LogP contribution in [0.1, 0.15) is 0 Å². The van der Waals surface area contributed by atoms with Gasteiger partial charge in [0.15, 0.2) is 34.0 Å². The van der Waals surface area contributed by atoms with Crippen molar-refractivity contribution < 1.29 is 37.4 Å². The molecule has 21 aromatic rings. The summed E-state index contributed by atoms with van der Waals surface area (Å²) in [7, 11) is 4.34. The van der Waals surface area contributed by atoms with E-state index in [1.165, 1.54) is 11.1 Å². The molecule has 527 valence electrons. The molecule has 0 fully saturated rings. The van der Waals surface area contributed by atoms with Crippen molar-refractivity contribution in [3.05, 3.63) is 362 Å². The quantitative estimate of drug-likeness (QED) is 0.0697. The molecule has 0 aliphatic carbocycles. The molecule has 5 aromatic heterocycles. The molecule has 0 amide bonds. The summed E-state index contributed by atoms with van der Waals surface area (Å²) < 4.78 is 33.2. The van der Waals surface area contributed by atoms with Gasteiger partial charge in [0, 0.05) is 87.7 Å². The predicted octanol–water partition coefficient (Wildman–Crippen LogP) is 28.2. The second-order valence-corrected chi connectivity index (χ2v) is 27.2. The van der Waals surface area contributed by atoms with Crippen LogP contribution in [0.15, 0.2) is 389 Å². The van der Waals surface area contributed by atoms with Gasteiger partial charge in [-0.05, 0) is 159 Å². The Bertz CT molecular complexity index is 6900. The van der Waals surface area contributed by atoms with Crippen molar-refractivity contribution in [1.82, 2.24) is 0 Å². The van der Waals surface area contributed by atoms with Crippen LogP contribution in [0.3, 0.4) is 0 Å². The topological polar surface area (TPSA) is 154 Å². The monoisotopic (exact) mass is 1510 g/mol. The van der Waals surface area contributed by atoms with Crippen LogP contribution in [0, 0.1) is 0 Å². The van der Waals surface area contributed by atoms with Gasteiger partial charge < -0.3 is 47.6 Å². The second-order valence-electron chi connectivity index (χ2n) is 26.1. The molecule has 0 unspecified atom stereocenters. The molecule has 0 spiro atoms. The summed E-state index contributed by atoms with van der Waals surface area (Å²) >= 11 is 6.45. The molecule has 16 aromatic carbocycles. The van der Waals surface area contributed by atoms with Crippen molar-refractivity contribution in [3.8, 4) is 61.8 Å². The fraction of sp³-hybridized carbons (Fsp3) is 0. The summed E-state index contributed by atoms with van der Waals surface area (Å²) in [6.45, 7) is 0. The smallest absolute Gasteiger partial charge is 0.143 e. The zero-order valence-electron chi connectivity index (χ0n) is 58.7. The minimum Gasteiger partial charge on any atom is -0.455 e. The maximum Gasteiger partial charge on any atom is 0.143 e. The predicted molar refractivity (Wildman–Crippen MR) is 458 cm³/mol. The third kappa shape index (κ3) is 13.6. The van der Waals surface area contributed by atoms with E-state index in [2.05, 4.69) is 239 Å². The first kappa shape index (κ1) is 69.3. The van der Waals surface area contributed by atoms with Crippen molar-refractivity contribution in [3.63, 3.8) is 0 Å². The van der Waals surface area contributed by atoms with Crippen LogP contribution >= 0.6 is 28.7 Å². The van der Waals surface area contributed by atoms with Gasteiger partial charge in [-0.25, -0.2) is 0 Å². The Kier molecular flexibility index (Phi) is 19.3. The van der Waals surface area contributed by atoms with Crippen molar-refractivity contribution in [1.29, 1.82) is 0 Å². The van der Waals surface area contributed by atoms with Crippen LogP contribution in [0.5, 0.6) is 17.2 Å². The van der Waals surface area contributed by atoms with E-state index in [1.54, 1.807) is 6.07 Å². The second kappa shape index (κ2) is 30.6. The number of aromatic hydroxyl groups is 3. The van der Waals surface area contributed by atoms with Gasteiger partial charge in [0.05, 0.1) is 10.2 Å². The molecular formula is C96H64BBrN3O8S. The number of nitrogens with one attached hydrogen (secondary N) is 1. The van der Waals surface area contributed by atoms with Gasteiger partial charge >= 0.3 is 24.8 Å². The van der Waals surface area contributed by atoms with E-state index < -0.39 is 0 Å². The van der Waals surface area contributed by atoms with E-state index in [9.17, 15) is 15.3 Å². The van der Waals surface area contributed by atoms with Crippen LogP contribution in [0.25, 0.3) is 154 Å². The molecule has 0 bridgehead atoms. The van der Waals surface area contributed by atoms with Gasteiger partial charge in [0.25, 0.3) is 0 Å². The SMILES string of the molecule is Oc1c(Br)ccc2c1oc1ccccc12.Oc1c(N(c2ccc(-c3ccccc3)cc2)c2ccc(-c3cccc4c3oc3ccccc34)cc2)ccc2c1oc1ccccc12.Oc1cccc2c1oc1ccccc12.[B]=NS.c1ccc(-c2ccc(Nc3ccc(-c4cccc5c4oc4ccccc45)cc3)cc2)cc1. The maximum atomic E-state index is 11.7. The van der Waals surface area contributed by atoms with Crippen molar-refractivity contribution in [2.75, 3.05) is 10.2 Å². The summed E-state index contributed by atoms with van der Waals surface area (Å²) in [6.07, 6.45) is 0. The molecule has 21 rings (SSSR count). The van der Waals surface area contributed by atoms with E-state index in [-0.39, 0.29) is 17.2 Å². The van der Waals surface area contributed by atoms with Crippen molar-refractivity contribution >= 4 is 175 Å². The number of thiol groups is 1. The Morgan fingerprint density at radius 1 is 0.282 bits per heavy atom. The number of rotatable bonds is 9. The van der Waals surface area contributed by atoms with E-state index in [4.69, 9.17) is 22.1 Å². The number of halogens is 1. The molecule has 0 saturated carbocycles. The average Bonchev–Trinajstić information content (AvgIpc) is 1.63. The first-order valence-corrected chi connectivity index (χ1v) is 36.8. The Morgan fingerprint density at radius 2 is 0.582 bits per heavy atom. The molecule has 0 aliphatic heterocycles. The zero-order valence-corrected chi connectivity index (χ0v) is 61.2. The number of hydrogen-bond donors (Lipinski definition) is 5. The molecule has 0 saturated heterocycles. The number of phenolic OH excluding ortho intramolecular Hbond substituents is 3. The van der Waals surface area contributed by atoms with Crippen LogP contribution in [-0.2, 0) is 0 Å². The van der Waals surface area contributed by atoms with Gasteiger partial charge in [-0.3, -0.25) is 0 Å². The maximum absolute atomic E-state index is 11.7. The Balaban J connectivity index is 0.000000118. The van der Waals surface area contributed by atoms with Crippen LogP contribution in [-0.4, -0.2) is 23.0 Å². The molecule has 11 nitrogen and oxygen atoms in total. The summed E-state index contributed by atoms with van der Waals surface area (Å²) in [5.41, 5.74) is 21.1. The van der Waals surface area contributed by atoms with E-state index in [0.29, 0.717) is 26.9 Å². The average molecular weight is 1510 g/mol. The normalized spacial score (nSPS) is 11.1. The van der Waals surface area contributed by atoms with Gasteiger partial charge in [0.1, 0.15) is 39.1 Å². The van der Waals surface area contributed by atoms with Crippen molar-refractivity contribution in [2.24, 2.45) is 4.30 Å². The minimum absolute atomic E-state index is 0.0944. The molecule has 0 aliphatic rings. The van der Waals surface area contributed by atoms with Gasteiger partial charge in [-0.15, -0.1) is 0 Å². The third-order valence-corrected chi connectivity index (χ3v) is 20.2. The molecule has 110 heavy (non-hydrogen) atoms. The standard InChI is InChI=1S/C42H27NO3.C30H21NO.C12H7BrO2.C12H8O2.BHNS/c44-40-37(26-25-36-34-12-5-7-16-39(34)46-42(36)40)43(30-21-17-28(18-22-30)27-9-2-1-3-10-27)31-23-19-29(20-24-31)32-13-8-14-35-33-11-4-6-15-38(33)45-41(32)35;1-2-7-21(8-3-1)22-13-17-24(18-14-22)31-25-19-15-23(16-20-25)26-10-6-11-28-27-9-4-5-12-29(27)32-30(26)28;13-9-6-5-8-7-3-1-2-4-10(7)15-12(8)11(9)14;13-10-6-3-5-9-8-4-1-2-7-11(8)14-12(9)10;1-2-3/h1-26,44H;1-20,31H;1-6,14H;1-7,13H;3H. The Morgan fingerprint density at radius 3 is 1.01 bits per heavy atom. The summed E-state index contributed by atoms with van der Waals surface area (Å²) in [5.74, 6) is 0.444. The van der Waals surface area contributed by atoms with Crippen LogP contribution in [0.2, 0.25) is 0 Å². The molecule has 4 N–H and O–H groups in total. The number of nitrogens with zero attached hydrogens (tertiary/aromatic N) is 2. The first-order chi connectivity index (χ1) is 54.1. The molecule has 5 heterocycles. The minimum atomic E-state index is 0.0944. The summed E-state index contributed by atoms with van der Waals surface area (Å²) in [4.78, 5) is 2.07. The van der Waals surface area contributed by atoms with E-state index in [1.807, 2.05) is 164 Å². The largest absolute Gasteiger partial charge is 0.455 e. The number of furan rings is 5. The number of para-hydroxylation sites is 8. The Hall–Kier alpha value is -13.8. The van der Waals surface area contributed by atoms with Gasteiger partial charge in [-0.2, -0.15) is 0 Å². The van der Waals surface area contributed by atoms with E-state index in [0.717, 1.165) is 149 Å². The number of phenols is 3. The fourth-order valence-corrected chi connectivity index (χ4v) is 14.6.